The van der Waals surface area contributed by atoms with E-state index in [1.807, 2.05) is 35.2 Å². The zero-order chi connectivity index (χ0) is 19.5. The van der Waals surface area contributed by atoms with Gasteiger partial charge in [0.05, 0.1) is 5.92 Å². The minimum atomic E-state index is -0.179. The molecular weight excluding hydrogens is 376 g/mol. The van der Waals surface area contributed by atoms with Gasteiger partial charge in [0.1, 0.15) is 12.4 Å². The molecule has 0 saturated carbocycles. The highest BCUT2D eigenvalue weighted by molar-refractivity contribution is 6.30. The molecule has 2 aliphatic heterocycles. The van der Waals surface area contributed by atoms with Gasteiger partial charge in [-0.05, 0) is 55.2 Å². The van der Waals surface area contributed by atoms with E-state index in [4.69, 9.17) is 16.3 Å². The van der Waals surface area contributed by atoms with Crippen molar-refractivity contribution >= 4 is 23.4 Å². The van der Waals surface area contributed by atoms with Crippen molar-refractivity contribution in [1.29, 1.82) is 0 Å². The van der Waals surface area contributed by atoms with Gasteiger partial charge in [-0.2, -0.15) is 0 Å². The Labute approximate surface area is 169 Å². The maximum Gasteiger partial charge on any atom is 0.251 e. The van der Waals surface area contributed by atoms with Crippen LogP contribution >= 0.6 is 11.6 Å². The summed E-state index contributed by atoms with van der Waals surface area (Å²) in [6, 6.07) is 14.9. The third kappa shape index (κ3) is 4.14. The average molecular weight is 399 g/mol. The van der Waals surface area contributed by atoms with Gasteiger partial charge < -0.3 is 15.0 Å². The maximum absolute atomic E-state index is 12.9. The third-order valence-electron chi connectivity index (χ3n) is 5.46. The van der Waals surface area contributed by atoms with Crippen molar-refractivity contribution in [2.45, 2.75) is 25.3 Å². The molecule has 1 atom stereocenters. The maximum atomic E-state index is 12.9. The second-order valence-electron chi connectivity index (χ2n) is 7.40. The second-order valence-corrected chi connectivity index (χ2v) is 7.84. The molecular formula is C22H23ClN2O3. The van der Waals surface area contributed by atoms with Crippen LogP contribution in [-0.4, -0.2) is 42.5 Å². The van der Waals surface area contributed by atoms with Crippen LogP contribution in [0.4, 0.5) is 0 Å². The number of piperidine rings is 1. The number of benzene rings is 2. The largest absolute Gasteiger partial charge is 0.492 e. The third-order valence-corrected chi connectivity index (χ3v) is 5.69. The van der Waals surface area contributed by atoms with E-state index in [2.05, 4.69) is 5.32 Å². The second kappa shape index (κ2) is 8.23. The predicted molar refractivity (Wildman–Crippen MR) is 108 cm³/mol. The first-order chi connectivity index (χ1) is 13.6. The van der Waals surface area contributed by atoms with Gasteiger partial charge in [-0.15, -0.1) is 0 Å². The summed E-state index contributed by atoms with van der Waals surface area (Å²) in [5, 5.41) is 3.73. The van der Waals surface area contributed by atoms with Crippen LogP contribution in [0, 0.1) is 5.92 Å². The van der Waals surface area contributed by atoms with Crippen molar-refractivity contribution in [3.63, 3.8) is 0 Å². The monoisotopic (exact) mass is 398 g/mol. The first-order valence-corrected chi connectivity index (χ1v) is 10.0. The molecule has 0 bridgehead atoms. The van der Waals surface area contributed by atoms with E-state index in [0.717, 1.165) is 24.2 Å². The van der Waals surface area contributed by atoms with Crippen molar-refractivity contribution in [2.75, 3.05) is 19.7 Å². The first-order valence-electron chi connectivity index (χ1n) is 9.66. The van der Waals surface area contributed by atoms with Gasteiger partial charge >= 0.3 is 0 Å². The molecule has 0 spiro atoms. The fourth-order valence-corrected chi connectivity index (χ4v) is 4.08. The molecule has 2 amide bonds. The summed E-state index contributed by atoms with van der Waals surface area (Å²) in [5.41, 5.74) is 1.65. The molecule has 0 aromatic heterocycles. The molecule has 6 heteroatoms. The van der Waals surface area contributed by atoms with E-state index in [9.17, 15) is 9.59 Å². The summed E-state index contributed by atoms with van der Waals surface area (Å²) in [6.07, 6.45) is 2.18. The molecule has 1 saturated heterocycles. The summed E-state index contributed by atoms with van der Waals surface area (Å²) in [6.45, 7) is 1.70. The lowest BCUT2D eigenvalue weighted by Gasteiger charge is -2.35. The summed E-state index contributed by atoms with van der Waals surface area (Å²) < 4.78 is 5.76. The highest BCUT2D eigenvalue weighted by atomic mass is 35.5. The van der Waals surface area contributed by atoms with Gasteiger partial charge in [-0.3, -0.25) is 9.59 Å². The number of hydrogen-bond acceptors (Lipinski definition) is 3. The van der Waals surface area contributed by atoms with E-state index in [1.165, 1.54) is 0 Å². The fraction of sp³-hybridized carbons (Fsp3) is 0.364. The first kappa shape index (κ1) is 18.8. The smallest absolute Gasteiger partial charge is 0.251 e. The molecule has 2 aromatic carbocycles. The average Bonchev–Trinajstić information content (AvgIpc) is 2.74. The Morgan fingerprint density at radius 3 is 2.57 bits per heavy atom. The van der Waals surface area contributed by atoms with Gasteiger partial charge in [0.2, 0.25) is 5.91 Å². The van der Waals surface area contributed by atoms with E-state index in [1.54, 1.807) is 18.2 Å². The van der Waals surface area contributed by atoms with Crippen LogP contribution in [0.3, 0.4) is 0 Å². The van der Waals surface area contributed by atoms with Crippen LogP contribution in [0.15, 0.2) is 48.5 Å². The summed E-state index contributed by atoms with van der Waals surface area (Å²) in [5.74, 6) is 0.704. The molecule has 1 fully saturated rings. The number of hydrogen-bond donors (Lipinski definition) is 1. The normalized spacial score (nSPS) is 19.5. The van der Waals surface area contributed by atoms with Crippen LogP contribution in [0.2, 0.25) is 5.02 Å². The molecule has 0 unspecified atom stereocenters. The van der Waals surface area contributed by atoms with E-state index >= 15 is 0 Å². The van der Waals surface area contributed by atoms with Crippen LogP contribution in [0.5, 0.6) is 5.75 Å². The zero-order valence-electron chi connectivity index (χ0n) is 15.6. The molecule has 28 heavy (non-hydrogen) atoms. The lowest BCUT2D eigenvalue weighted by molar-refractivity contribution is -0.138. The Morgan fingerprint density at radius 1 is 1.07 bits per heavy atom. The molecule has 0 radical (unpaired) electrons. The van der Waals surface area contributed by atoms with Gasteiger partial charge in [0.15, 0.2) is 0 Å². The Hall–Kier alpha value is -2.53. The number of nitrogens with one attached hydrogen (secondary N) is 1. The molecule has 5 nitrogen and oxygen atoms in total. The Morgan fingerprint density at radius 2 is 1.82 bits per heavy atom. The van der Waals surface area contributed by atoms with Crippen molar-refractivity contribution < 1.29 is 14.3 Å². The highest BCUT2D eigenvalue weighted by Gasteiger charge is 2.32. The Kier molecular flexibility index (Phi) is 5.53. The van der Waals surface area contributed by atoms with Crippen molar-refractivity contribution in [3.8, 4) is 5.75 Å². The van der Waals surface area contributed by atoms with E-state index in [0.29, 0.717) is 36.7 Å². The van der Waals surface area contributed by atoms with Gasteiger partial charge in [0, 0.05) is 29.7 Å². The molecule has 1 N–H and O–H groups in total. The molecule has 2 heterocycles. The number of likely N-dealkylation sites (tertiary alicyclic amines) is 1. The summed E-state index contributed by atoms with van der Waals surface area (Å²) in [7, 11) is 0. The fourth-order valence-electron chi connectivity index (χ4n) is 3.88. The number of halogens is 1. The van der Waals surface area contributed by atoms with Crippen LogP contribution in [-0.2, 0) is 11.2 Å². The molecule has 0 aliphatic carbocycles. The number of rotatable bonds is 3. The predicted octanol–water partition coefficient (Wildman–Crippen LogP) is 3.31. The Balaban J connectivity index is 1.30. The standard InChI is InChI=1S/C22H23ClN2O3/c23-18-6-7-20-16(13-18)12-17(14-28-20)22(27)25-10-8-19(9-11-25)24-21(26)15-4-2-1-3-5-15/h1-7,13,17,19H,8-12,14H2,(H,24,26)/t17-/m1/s1. The number of fused-ring (bicyclic) bond motifs is 1. The summed E-state index contributed by atoms with van der Waals surface area (Å²) in [4.78, 5) is 27.1. The van der Waals surface area contributed by atoms with E-state index < -0.39 is 0 Å². The molecule has 2 aliphatic rings. The topological polar surface area (TPSA) is 58.6 Å². The summed E-state index contributed by atoms with van der Waals surface area (Å²) >= 11 is 6.07. The van der Waals surface area contributed by atoms with Crippen LogP contribution < -0.4 is 10.1 Å². The highest BCUT2D eigenvalue weighted by Crippen LogP contribution is 2.31. The number of ether oxygens (including phenoxy) is 1. The minimum Gasteiger partial charge on any atom is -0.492 e. The Bertz CT molecular complexity index is 863. The van der Waals surface area contributed by atoms with Crippen molar-refractivity contribution in [2.24, 2.45) is 5.92 Å². The quantitative estimate of drug-likeness (QED) is 0.862. The number of nitrogens with zero attached hydrogens (tertiary/aromatic N) is 1. The number of carbonyl (C=O) groups is 2. The van der Waals surface area contributed by atoms with Crippen molar-refractivity contribution in [1.82, 2.24) is 10.2 Å². The molecule has 2 aromatic rings. The van der Waals surface area contributed by atoms with Gasteiger partial charge in [-0.1, -0.05) is 29.8 Å². The lowest BCUT2D eigenvalue weighted by atomic mass is 9.94. The number of carbonyl (C=O) groups excluding carboxylic acids is 2. The van der Waals surface area contributed by atoms with Crippen molar-refractivity contribution in [3.05, 3.63) is 64.7 Å². The molecule has 146 valence electrons. The van der Waals surface area contributed by atoms with Gasteiger partial charge in [0.25, 0.3) is 5.91 Å². The SMILES string of the molecule is O=C(NC1CCN(C(=O)[C@H]2COc3ccc(Cl)cc3C2)CC1)c1ccccc1. The minimum absolute atomic E-state index is 0.0560. The van der Waals surface area contributed by atoms with Crippen LogP contribution in [0.1, 0.15) is 28.8 Å². The van der Waals surface area contributed by atoms with Gasteiger partial charge in [-0.25, -0.2) is 0 Å². The van der Waals surface area contributed by atoms with E-state index in [-0.39, 0.29) is 23.8 Å². The number of amides is 2. The lowest BCUT2D eigenvalue weighted by Crippen LogP contribution is -2.49. The molecule has 4 rings (SSSR count). The zero-order valence-corrected chi connectivity index (χ0v) is 16.3. The van der Waals surface area contributed by atoms with Crippen LogP contribution in [0.25, 0.3) is 0 Å².